The number of hydrogen-bond acceptors (Lipinski definition) is 3. The number of nitrogens with zero attached hydrogens (tertiary/aromatic N) is 2. The van der Waals surface area contributed by atoms with Gasteiger partial charge in [0.1, 0.15) is 11.2 Å². The van der Waals surface area contributed by atoms with Gasteiger partial charge < -0.3 is 4.42 Å². The molecule has 8 aromatic carbocycles. The van der Waals surface area contributed by atoms with Crippen LogP contribution in [0.25, 0.3) is 99.3 Å². The van der Waals surface area contributed by atoms with Crippen LogP contribution in [0, 0.1) is 0 Å². The van der Waals surface area contributed by atoms with Gasteiger partial charge in [-0.2, -0.15) is 0 Å². The van der Waals surface area contributed by atoms with Crippen molar-refractivity contribution >= 4 is 54.5 Å². The van der Waals surface area contributed by atoms with Crippen molar-refractivity contribution in [2.45, 2.75) is 0 Å². The van der Waals surface area contributed by atoms with Gasteiger partial charge in [-0.15, -0.1) is 0 Å². The minimum atomic E-state index is 0.851. The molecule has 0 aliphatic rings. The average Bonchev–Trinajstić information content (AvgIpc) is 3.56. The second kappa shape index (κ2) is 11.0. The molecule has 0 saturated heterocycles. The lowest BCUT2D eigenvalue weighted by atomic mass is 9.94. The Kier molecular flexibility index (Phi) is 6.18. The number of hydrogen-bond donors (Lipinski definition) is 0. The standard InChI is InChI=1S/C46H28N2O/c1-2-11-29(12-3-1)31-21-24-32(25-22-31)43-44(48-42-20-9-8-19-41(42)47-43)39-28-40-38-18-10-17-35(34-26-23-30-13-4-5-14-33(30)27-34)45(38)49-46(40)37-16-7-6-15-36(37)39/h1-28H. The molecule has 0 atom stereocenters. The molecule has 0 radical (unpaired) electrons. The van der Waals surface area contributed by atoms with E-state index in [9.17, 15) is 0 Å². The van der Waals surface area contributed by atoms with Crippen LogP contribution >= 0.6 is 0 Å². The normalized spacial score (nSPS) is 11.7. The van der Waals surface area contributed by atoms with Gasteiger partial charge in [0.05, 0.1) is 22.4 Å². The van der Waals surface area contributed by atoms with Crippen molar-refractivity contribution in [1.29, 1.82) is 0 Å². The summed E-state index contributed by atoms with van der Waals surface area (Å²) in [5, 5.41) is 6.70. The first-order valence-electron chi connectivity index (χ1n) is 16.6. The van der Waals surface area contributed by atoms with Gasteiger partial charge in [-0.25, -0.2) is 9.97 Å². The molecule has 3 heteroatoms. The summed E-state index contributed by atoms with van der Waals surface area (Å²) in [5.41, 5.74) is 11.8. The fraction of sp³-hybridized carbons (Fsp3) is 0. The van der Waals surface area contributed by atoms with Crippen molar-refractivity contribution in [3.63, 3.8) is 0 Å². The summed E-state index contributed by atoms with van der Waals surface area (Å²) in [7, 11) is 0. The van der Waals surface area contributed by atoms with Gasteiger partial charge >= 0.3 is 0 Å². The third-order valence-corrected chi connectivity index (χ3v) is 9.66. The Bertz CT molecular complexity index is 2870. The van der Waals surface area contributed by atoms with Crippen LogP contribution in [0.1, 0.15) is 0 Å². The lowest BCUT2D eigenvalue weighted by Gasteiger charge is -2.14. The number of para-hydroxylation sites is 3. The van der Waals surface area contributed by atoms with Crippen LogP contribution < -0.4 is 0 Å². The van der Waals surface area contributed by atoms with Gasteiger partial charge in [0.25, 0.3) is 0 Å². The topological polar surface area (TPSA) is 38.9 Å². The Morgan fingerprint density at radius 2 is 0.918 bits per heavy atom. The van der Waals surface area contributed by atoms with Crippen molar-refractivity contribution in [3.8, 4) is 44.8 Å². The van der Waals surface area contributed by atoms with Gasteiger partial charge in [-0.1, -0.05) is 146 Å². The van der Waals surface area contributed by atoms with E-state index in [1.807, 2.05) is 30.3 Å². The summed E-state index contributed by atoms with van der Waals surface area (Å²) < 4.78 is 6.86. The highest BCUT2D eigenvalue weighted by Gasteiger charge is 2.21. The molecule has 0 spiro atoms. The average molecular weight is 625 g/mol. The van der Waals surface area contributed by atoms with E-state index in [-0.39, 0.29) is 0 Å². The van der Waals surface area contributed by atoms with E-state index in [0.717, 1.165) is 77.4 Å². The van der Waals surface area contributed by atoms with Gasteiger partial charge in [-0.3, -0.25) is 0 Å². The molecule has 2 heterocycles. The summed E-state index contributed by atoms with van der Waals surface area (Å²) in [6.07, 6.45) is 0. The van der Waals surface area contributed by atoms with Crippen LogP contribution in [-0.4, -0.2) is 9.97 Å². The molecule has 10 rings (SSSR count). The van der Waals surface area contributed by atoms with E-state index in [4.69, 9.17) is 14.4 Å². The van der Waals surface area contributed by atoms with Gasteiger partial charge in [0.2, 0.25) is 0 Å². The van der Waals surface area contributed by atoms with E-state index in [1.165, 1.54) is 21.9 Å². The second-order valence-corrected chi connectivity index (χ2v) is 12.5. The van der Waals surface area contributed by atoms with Crippen LogP contribution in [0.15, 0.2) is 174 Å². The van der Waals surface area contributed by atoms with Gasteiger partial charge in [0, 0.05) is 32.8 Å². The summed E-state index contributed by atoms with van der Waals surface area (Å²) in [6.45, 7) is 0. The molecular formula is C46H28N2O. The second-order valence-electron chi connectivity index (χ2n) is 12.5. The fourth-order valence-corrected chi connectivity index (χ4v) is 7.24. The Balaban J connectivity index is 1.22. The number of benzene rings is 8. The number of rotatable bonds is 4. The fourth-order valence-electron chi connectivity index (χ4n) is 7.24. The summed E-state index contributed by atoms with van der Waals surface area (Å²) in [4.78, 5) is 10.6. The molecule has 3 nitrogen and oxygen atoms in total. The molecule has 0 aliphatic heterocycles. The first kappa shape index (κ1) is 27.5. The van der Waals surface area contributed by atoms with Crippen LogP contribution in [0.2, 0.25) is 0 Å². The molecule has 0 amide bonds. The molecular weight excluding hydrogens is 597 g/mol. The van der Waals surface area contributed by atoms with Crippen molar-refractivity contribution in [1.82, 2.24) is 9.97 Å². The van der Waals surface area contributed by atoms with Crippen molar-refractivity contribution in [2.75, 3.05) is 0 Å². The highest BCUT2D eigenvalue weighted by Crippen LogP contribution is 2.44. The highest BCUT2D eigenvalue weighted by atomic mass is 16.3. The maximum absolute atomic E-state index is 6.86. The van der Waals surface area contributed by atoms with Crippen molar-refractivity contribution in [2.24, 2.45) is 0 Å². The number of furan rings is 1. The maximum Gasteiger partial charge on any atom is 0.143 e. The molecule has 10 aromatic rings. The Morgan fingerprint density at radius 1 is 0.327 bits per heavy atom. The molecule has 0 bridgehead atoms. The maximum atomic E-state index is 6.86. The van der Waals surface area contributed by atoms with Crippen molar-refractivity contribution in [3.05, 3.63) is 170 Å². The monoisotopic (exact) mass is 624 g/mol. The molecule has 0 unspecified atom stereocenters. The van der Waals surface area contributed by atoms with Gasteiger partial charge in [0.15, 0.2) is 0 Å². The smallest absolute Gasteiger partial charge is 0.143 e. The molecule has 49 heavy (non-hydrogen) atoms. The molecule has 2 aromatic heterocycles. The molecule has 0 fully saturated rings. The summed E-state index contributed by atoms with van der Waals surface area (Å²) >= 11 is 0. The van der Waals surface area contributed by atoms with E-state index in [1.54, 1.807) is 0 Å². The van der Waals surface area contributed by atoms with E-state index in [2.05, 4.69) is 140 Å². The van der Waals surface area contributed by atoms with Crippen LogP contribution in [0.3, 0.4) is 0 Å². The zero-order valence-electron chi connectivity index (χ0n) is 26.5. The SMILES string of the molecule is c1ccc(-c2ccc(-c3nc4ccccc4nc3-c3cc4c5cccc(-c6ccc7ccccc7c6)c5oc4c4ccccc34)cc2)cc1. The molecule has 0 saturated carbocycles. The quantitative estimate of drug-likeness (QED) is 0.196. The summed E-state index contributed by atoms with van der Waals surface area (Å²) in [5.74, 6) is 0. The minimum Gasteiger partial charge on any atom is -0.455 e. The van der Waals surface area contributed by atoms with E-state index in [0.29, 0.717) is 0 Å². The third kappa shape index (κ3) is 4.51. The predicted octanol–water partition coefficient (Wildman–Crippen LogP) is 12.5. The third-order valence-electron chi connectivity index (χ3n) is 9.66. The van der Waals surface area contributed by atoms with E-state index >= 15 is 0 Å². The Hall–Kier alpha value is -6.58. The molecule has 228 valence electrons. The Labute approximate surface area is 282 Å². The largest absolute Gasteiger partial charge is 0.455 e. The Morgan fingerprint density at radius 3 is 1.73 bits per heavy atom. The van der Waals surface area contributed by atoms with Crippen molar-refractivity contribution < 1.29 is 4.42 Å². The van der Waals surface area contributed by atoms with Crippen LogP contribution in [-0.2, 0) is 0 Å². The first-order valence-corrected chi connectivity index (χ1v) is 16.6. The first-order chi connectivity index (χ1) is 24.3. The summed E-state index contributed by atoms with van der Waals surface area (Å²) in [6, 6.07) is 59.5. The predicted molar refractivity (Wildman–Crippen MR) is 204 cm³/mol. The van der Waals surface area contributed by atoms with Crippen LogP contribution in [0.4, 0.5) is 0 Å². The lowest BCUT2D eigenvalue weighted by molar-refractivity contribution is 0.674. The highest BCUT2D eigenvalue weighted by molar-refractivity contribution is 6.21. The van der Waals surface area contributed by atoms with Gasteiger partial charge in [-0.05, 0) is 57.1 Å². The zero-order chi connectivity index (χ0) is 32.3. The molecule has 0 N–H and O–H groups in total. The zero-order valence-corrected chi connectivity index (χ0v) is 26.5. The van der Waals surface area contributed by atoms with Crippen LogP contribution in [0.5, 0.6) is 0 Å². The number of aromatic nitrogens is 2. The lowest BCUT2D eigenvalue weighted by Crippen LogP contribution is -1.96. The number of fused-ring (bicyclic) bond motifs is 7. The molecule has 0 aliphatic carbocycles. The van der Waals surface area contributed by atoms with E-state index < -0.39 is 0 Å². The minimum absolute atomic E-state index is 0.851.